The Morgan fingerprint density at radius 2 is 2.42 bits per heavy atom. The monoisotopic (exact) mass is 266 g/mol. The van der Waals surface area contributed by atoms with E-state index in [2.05, 4.69) is 9.88 Å². The average Bonchev–Trinajstić information content (AvgIpc) is 2.86. The molecule has 5 heteroatoms. The lowest BCUT2D eigenvalue weighted by Gasteiger charge is -2.16. The van der Waals surface area contributed by atoms with E-state index in [-0.39, 0.29) is 11.9 Å². The van der Waals surface area contributed by atoms with E-state index in [4.69, 9.17) is 0 Å². The van der Waals surface area contributed by atoms with E-state index in [0.29, 0.717) is 24.6 Å². The first-order valence-electron chi connectivity index (χ1n) is 6.61. The molecule has 1 fully saturated rings. The van der Waals surface area contributed by atoms with Gasteiger partial charge in [0.2, 0.25) is 0 Å². The highest BCUT2D eigenvalue weighted by Gasteiger charge is 2.26. The van der Waals surface area contributed by atoms with Crippen LogP contribution in [-0.4, -0.2) is 46.5 Å². The Morgan fingerprint density at radius 1 is 1.63 bits per heavy atom. The average molecular weight is 266 g/mol. The van der Waals surface area contributed by atoms with Gasteiger partial charge in [-0.05, 0) is 37.9 Å². The molecule has 4 nitrogen and oxygen atoms in total. The fourth-order valence-electron chi connectivity index (χ4n) is 2.39. The van der Waals surface area contributed by atoms with Gasteiger partial charge in [-0.15, -0.1) is 0 Å². The van der Waals surface area contributed by atoms with Crippen LogP contribution in [-0.2, 0) is 0 Å². The number of hydrogen-bond donors (Lipinski definition) is 1. The first kappa shape index (κ1) is 14.1. The molecular weight excluding hydrogens is 247 g/mol. The Hall–Kier alpha value is -1.33. The number of halogens is 1. The number of nitrogens with zero attached hydrogens (tertiary/aromatic N) is 2. The van der Waals surface area contributed by atoms with Crippen molar-refractivity contribution in [2.75, 3.05) is 19.6 Å². The van der Waals surface area contributed by atoms with Crippen LogP contribution in [0.3, 0.4) is 0 Å². The smallest absolute Gasteiger partial charge is 0.182 e. The maximum absolute atomic E-state index is 12.7. The van der Waals surface area contributed by atoms with Crippen molar-refractivity contribution >= 4 is 5.78 Å². The van der Waals surface area contributed by atoms with E-state index in [0.717, 1.165) is 25.7 Å². The van der Waals surface area contributed by atoms with Gasteiger partial charge in [0.25, 0.3) is 0 Å². The number of aromatic nitrogens is 1. The number of aliphatic hydroxyl groups excluding tert-OH is 1. The fourth-order valence-corrected chi connectivity index (χ4v) is 2.39. The summed E-state index contributed by atoms with van der Waals surface area (Å²) in [6, 6.07) is 2.67. The van der Waals surface area contributed by atoms with Crippen molar-refractivity contribution in [3.63, 3.8) is 0 Å². The van der Waals surface area contributed by atoms with Gasteiger partial charge >= 0.3 is 0 Å². The van der Waals surface area contributed by atoms with E-state index in [1.165, 1.54) is 12.1 Å². The van der Waals surface area contributed by atoms with Crippen LogP contribution in [0.5, 0.6) is 0 Å². The third-order valence-corrected chi connectivity index (χ3v) is 3.66. The Morgan fingerprint density at radius 3 is 3.00 bits per heavy atom. The first-order valence-corrected chi connectivity index (χ1v) is 6.61. The largest absolute Gasteiger partial charge is 0.393 e. The van der Waals surface area contributed by atoms with Crippen molar-refractivity contribution in [1.29, 1.82) is 0 Å². The molecule has 0 radical (unpaired) electrons. The molecular formula is C14H19FN2O2. The summed E-state index contributed by atoms with van der Waals surface area (Å²) in [6.07, 6.45) is 2.12. The van der Waals surface area contributed by atoms with Crippen LogP contribution in [0.25, 0.3) is 0 Å². The number of hydrogen-bond acceptors (Lipinski definition) is 4. The first-order chi connectivity index (χ1) is 9.06. The lowest BCUT2D eigenvalue weighted by atomic mass is 10.0. The molecule has 0 aliphatic carbocycles. The number of pyridine rings is 1. The highest BCUT2D eigenvalue weighted by molar-refractivity contribution is 5.94. The molecule has 0 spiro atoms. The Bertz CT molecular complexity index is 434. The second-order valence-electron chi connectivity index (χ2n) is 5.12. The van der Waals surface area contributed by atoms with Crippen molar-refractivity contribution in [2.45, 2.75) is 25.9 Å². The molecule has 1 aliphatic rings. The zero-order chi connectivity index (χ0) is 13.8. The van der Waals surface area contributed by atoms with Crippen LogP contribution in [0.15, 0.2) is 18.3 Å². The second kappa shape index (κ2) is 6.21. The molecule has 0 bridgehead atoms. The summed E-state index contributed by atoms with van der Waals surface area (Å²) >= 11 is 0. The zero-order valence-corrected chi connectivity index (χ0v) is 11.1. The van der Waals surface area contributed by atoms with Gasteiger partial charge in [0.1, 0.15) is 11.5 Å². The standard InChI is InChI=1S/C14H19FN2O2/c1-10(18)11-4-6-17(9-11)7-5-14(19)13-3-2-12(15)8-16-13/h2-3,8,10-11,18H,4-7,9H2,1H3. The predicted molar refractivity (Wildman–Crippen MR) is 69.4 cm³/mol. The van der Waals surface area contributed by atoms with Crippen molar-refractivity contribution in [1.82, 2.24) is 9.88 Å². The molecule has 104 valence electrons. The molecule has 0 amide bonds. The number of Topliss-reactive ketones (excluding diaryl/α,β-unsaturated/α-hetero) is 1. The maximum atomic E-state index is 12.7. The Kier molecular flexibility index (Phi) is 4.61. The van der Waals surface area contributed by atoms with Gasteiger partial charge in [-0.25, -0.2) is 4.39 Å². The summed E-state index contributed by atoms with van der Waals surface area (Å²) < 4.78 is 12.7. The lowest BCUT2D eigenvalue weighted by molar-refractivity contribution is 0.0958. The Balaban J connectivity index is 1.80. The molecule has 1 aromatic heterocycles. The van der Waals surface area contributed by atoms with Gasteiger partial charge in [-0.2, -0.15) is 0 Å². The number of rotatable bonds is 5. The van der Waals surface area contributed by atoms with Crippen LogP contribution in [0.2, 0.25) is 0 Å². The SMILES string of the molecule is CC(O)C1CCN(CCC(=O)c2ccc(F)cn2)C1. The van der Waals surface area contributed by atoms with Gasteiger partial charge in [-0.1, -0.05) is 0 Å². The highest BCUT2D eigenvalue weighted by Crippen LogP contribution is 2.19. The fraction of sp³-hybridized carbons (Fsp3) is 0.571. The zero-order valence-electron chi connectivity index (χ0n) is 11.1. The molecule has 2 unspecified atom stereocenters. The molecule has 19 heavy (non-hydrogen) atoms. The lowest BCUT2D eigenvalue weighted by Crippen LogP contribution is -2.26. The number of carbonyl (C=O) groups excluding carboxylic acids is 1. The molecule has 2 rings (SSSR count). The number of ketones is 1. The van der Waals surface area contributed by atoms with Crippen LogP contribution in [0, 0.1) is 11.7 Å². The molecule has 1 aromatic rings. The second-order valence-corrected chi connectivity index (χ2v) is 5.12. The third-order valence-electron chi connectivity index (χ3n) is 3.66. The highest BCUT2D eigenvalue weighted by atomic mass is 19.1. The van der Waals surface area contributed by atoms with E-state index >= 15 is 0 Å². The van der Waals surface area contributed by atoms with Crippen molar-refractivity contribution in [3.8, 4) is 0 Å². The third kappa shape index (κ3) is 3.81. The summed E-state index contributed by atoms with van der Waals surface area (Å²) in [4.78, 5) is 17.8. The number of carbonyl (C=O) groups is 1. The van der Waals surface area contributed by atoms with Gasteiger partial charge in [-0.3, -0.25) is 9.78 Å². The summed E-state index contributed by atoms with van der Waals surface area (Å²) in [7, 11) is 0. The molecule has 0 saturated carbocycles. The van der Waals surface area contributed by atoms with Crippen molar-refractivity contribution in [3.05, 3.63) is 29.8 Å². The molecule has 1 N–H and O–H groups in total. The van der Waals surface area contributed by atoms with E-state index in [9.17, 15) is 14.3 Å². The van der Waals surface area contributed by atoms with E-state index < -0.39 is 5.82 Å². The molecule has 0 aromatic carbocycles. The van der Waals surface area contributed by atoms with Gasteiger partial charge in [0, 0.05) is 19.5 Å². The van der Waals surface area contributed by atoms with Crippen LogP contribution < -0.4 is 0 Å². The minimum Gasteiger partial charge on any atom is -0.393 e. The number of aliphatic hydroxyl groups is 1. The summed E-state index contributed by atoms with van der Waals surface area (Å²) in [5, 5.41) is 9.51. The van der Waals surface area contributed by atoms with Crippen LogP contribution in [0.4, 0.5) is 4.39 Å². The predicted octanol–water partition coefficient (Wildman–Crippen LogP) is 1.50. The van der Waals surface area contributed by atoms with Crippen molar-refractivity contribution < 1.29 is 14.3 Å². The van der Waals surface area contributed by atoms with E-state index in [1.807, 2.05) is 6.92 Å². The summed E-state index contributed by atoms with van der Waals surface area (Å²) in [6.45, 7) is 4.23. The summed E-state index contributed by atoms with van der Waals surface area (Å²) in [5.74, 6) is -0.199. The minimum absolute atomic E-state index is 0.0690. The topological polar surface area (TPSA) is 53.4 Å². The normalized spacial score (nSPS) is 21.5. The van der Waals surface area contributed by atoms with Gasteiger partial charge < -0.3 is 10.0 Å². The van der Waals surface area contributed by atoms with Gasteiger partial charge in [0.05, 0.1) is 12.3 Å². The molecule has 2 atom stereocenters. The maximum Gasteiger partial charge on any atom is 0.182 e. The van der Waals surface area contributed by atoms with Gasteiger partial charge in [0.15, 0.2) is 5.78 Å². The van der Waals surface area contributed by atoms with E-state index in [1.54, 1.807) is 0 Å². The molecule has 1 saturated heterocycles. The van der Waals surface area contributed by atoms with Crippen molar-refractivity contribution in [2.24, 2.45) is 5.92 Å². The van der Waals surface area contributed by atoms with Crippen LogP contribution in [0.1, 0.15) is 30.3 Å². The summed E-state index contributed by atoms with van der Waals surface area (Å²) in [5.41, 5.74) is 0.313. The molecule has 1 aliphatic heterocycles. The molecule has 2 heterocycles. The quantitative estimate of drug-likeness (QED) is 0.821. The minimum atomic E-state index is -0.434. The Labute approximate surface area is 112 Å². The van der Waals surface area contributed by atoms with Crippen LogP contribution >= 0.6 is 0 Å². The number of likely N-dealkylation sites (tertiary alicyclic amines) is 1.